The summed E-state index contributed by atoms with van der Waals surface area (Å²) in [6, 6.07) is 8.74. The van der Waals surface area contributed by atoms with Crippen LogP contribution in [-0.4, -0.2) is 26.1 Å². The van der Waals surface area contributed by atoms with Gasteiger partial charge in [-0.3, -0.25) is 0 Å². The Hall–Kier alpha value is -1.22. The normalized spacial score (nSPS) is 11.0. The third-order valence-electron chi connectivity index (χ3n) is 2.68. The Morgan fingerprint density at radius 1 is 1.33 bits per heavy atom. The first kappa shape index (κ1) is 10.3. The van der Waals surface area contributed by atoms with E-state index in [0.29, 0.717) is 0 Å². The second-order valence-corrected chi connectivity index (χ2v) is 3.92. The third kappa shape index (κ3) is 2.24. The summed E-state index contributed by atoms with van der Waals surface area (Å²) in [4.78, 5) is 0. The lowest BCUT2D eigenvalue weighted by Gasteiger charge is -2.05. The van der Waals surface area contributed by atoms with Gasteiger partial charge in [0, 0.05) is 32.0 Å². The van der Waals surface area contributed by atoms with E-state index in [1.165, 1.54) is 16.4 Å². The zero-order chi connectivity index (χ0) is 10.7. The Morgan fingerprint density at radius 3 is 3.00 bits per heavy atom. The molecule has 2 aromatic rings. The molecule has 1 aromatic heterocycles. The molecule has 1 heterocycles. The van der Waals surface area contributed by atoms with Gasteiger partial charge >= 0.3 is 0 Å². The van der Waals surface area contributed by atoms with E-state index in [2.05, 4.69) is 42.9 Å². The van der Waals surface area contributed by atoms with Crippen LogP contribution in [0.5, 0.6) is 0 Å². The summed E-state index contributed by atoms with van der Waals surface area (Å²) < 4.78 is 7.36. The quantitative estimate of drug-likeness (QED) is 0.530. The summed E-state index contributed by atoms with van der Waals surface area (Å²) in [5, 5.41) is 1.32. The first-order valence-corrected chi connectivity index (χ1v) is 5.35. The molecule has 0 aliphatic rings. The molecule has 0 saturated heterocycles. The summed E-state index contributed by atoms with van der Waals surface area (Å²) in [5.74, 6) is 0. The van der Waals surface area contributed by atoms with Gasteiger partial charge in [0.25, 0.3) is 0 Å². The Morgan fingerprint density at radius 2 is 2.20 bits per heavy atom. The molecule has 2 rings (SSSR count). The first-order chi connectivity index (χ1) is 7.31. The molecule has 2 nitrogen and oxygen atoms in total. The number of hydrogen-bond donors (Lipinski definition) is 0. The average Bonchev–Trinajstić information content (AvgIpc) is 2.62. The summed E-state index contributed by atoms with van der Waals surface area (Å²) in [7, 11) is 3.88. The Labute approximate surface area is 91.3 Å². The van der Waals surface area contributed by atoms with Crippen molar-refractivity contribution in [3.8, 4) is 0 Å². The number of hydrogen-bond acceptors (Lipinski definition) is 1. The lowest BCUT2D eigenvalue weighted by Crippen LogP contribution is -2.04. The van der Waals surface area contributed by atoms with Crippen molar-refractivity contribution >= 4 is 24.2 Å². The zero-order valence-corrected chi connectivity index (χ0v) is 9.36. The number of ether oxygens (including phenoxy) is 1. The van der Waals surface area contributed by atoms with Crippen molar-refractivity contribution in [1.29, 1.82) is 0 Å². The van der Waals surface area contributed by atoms with Gasteiger partial charge < -0.3 is 9.30 Å². The molecule has 3 heteroatoms. The number of aryl methyl sites for hydroxylation is 1. The van der Waals surface area contributed by atoms with Crippen LogP contribution in [-0.2, 0) is 11.3 Å². The minimum absolute atomic E-state index is 0.825. The molecule has 0 amide bonds. The van der Waals surface area contributed by atoms with E-state index in [4.69, 9.17) is 4.74 Å². The summed E-state index contributed by atoms with van der Waals surface area (Å²) >= 11 is 0. The second kappa shape index (κ2) is 4.54. The molecule has 0 atom stereocenters. The second-order valence-electron chi connectivity index (χ2n) is 3.92. The van der Waals surface area contributed by atoms with Gasteiger partial charge in [0.2, 0.25) is 0 Å². The summed E-state index contributed by atoms with van der Waals surface area (Å²) in [6.45, 7) is 1.85. The van der Waals surface area contributed by atoms with Crippen LogP contribution in [0, 0.1) is 0 Å². The van der Waals surface area contributed by atoms with E-state index in [0.717, 1.165) is 19.6 Å². The molecule has 78 valence electrons. The van der Waals surface area contributed by atoms with Crippen molar-refractivity contribution in [1.82, 2.24) is 4.57 Å². The lowest BCUT2D eigenvalue weighted by molar-refractivity contribution is 0.190. The largest absolute Gasteiger partial charge is 0.385 e. The van der Waals surface area contributed by atoms with Gasteiger partial charge in [-0.2, -0.15) is 0 Å². The van der Waals surface area contributed by atoms with Crippen LogP contribution in [0.25, 0.3) is 10.9 Å². The number of rotatable bonds is 4. The monoisotopic (exact) mass is 201 g/mol. The maximum atomic E-state index is 5.06. The molecule has 0 spiro atoms. The highest BCUT2D eigenvalue weighted by molar-refractivity contribution is 6.33. The van der Waals surface area contributed by atoms with E-state index in [1.807, 2.05) is 0 Å². The van der Waals surface area contributed by atoms with Crippen molar-refractivity contribution in [2.45, 2.75) is 13.0 Å². The van der Waals surface area contributed by atoms with Crippen LogP contribution in [0.2, 0.25) is 0 Å². The molecular formula is C12H16BNO. The number of benzene rings is 1. The van der Waals surface area contributed by atoms with Crippen molar-refractivity contribution in [2.75, 3.05) is 13.7 Å². The highest BCUT2D eigenvalue weighted by Crippen LogP contribution is 2.14. The van der Waals surface area contributed by atoms with E-state index in [-0.39, 0.29) is 0 Å². The van der Waals surface area contributed by atoms with Gasteiger partial charge in [0.05, 0.1) is 0 Å². The third-order valence-corrected chi connectivity index (χ3v) is 2.68. The molecule has 0 aliphatic carbocycles. The minimum atomic E-state index is 0.825. The topological polar surface area (TPSA) is 14.2 Å². The maximum absolute atomic E-state index is 5.06. The smallest absolute Gasteiger partial charge is 0.139 e. The number of nitrogens with zero attached hydrogens (tertiary/aromatic N) is 1. The average molecular weight is 201 g/mol. The van der Waals surface area contributed by atoms with Gasteiger partial charge in [0.1, 0.15) is 7.85 Å². The van der Waals surface area contributed by atoms with Crippen LogP contribution >= 0.6 is 0 Å². The Balaban J connectivity index is 2.23. The molecule has 1 aromatic carbocycles. The fourth-order valence-corrected chi connectivity index (χ4v) is 1.87. The molecule has 0 bridgehead atoms. The summed E-state index contributed by atoms with van der Waals surface area (Å²) in [5.41, 5.74) is 2.64. The van der Waals surface area contributed by atoms with Crippen molar-refractivity contribution in [2.24, 2.45) is 0 Å². The van der Waals surface area contributed by atoms with E-state index in [9.17, 15) is 0 Å². The molecule has 0 fully saturated rings. The SMILES string of the molecule is Bc1ccc2ccn(CCCOC)c2c1. The van der Waals surface area contributed by atoms with Crippen LogP contribution in [0.1, 0.15) is 6.42 Å². The fourth-order valence-electron chi connectivity index (χ4n) is 1.87. The Bertz CT molecular complexity index is 450. The van der Waals surface area contributed by atoms with Crippen molar-refractivity contribution in [3.63, 3.8) is 0 Å². The van der Waals surface area contributed by atoms with E-state index < -0.39 is 0 Å². The van der Waals surface area contributed by atoms with Crippen molar-refractivity contribution < 1.29 is 4.74 Å². The first-order valence-electron chi connectivity index (χ1n) is 5.35. The Kier molecular flexibility index (Phi) is 3.12. The van der Waals surface area contributed by atoms with Crippen molar-refractivity contribution in [3.05, 3.63) is 30.5 Å². The molecule has 0 N–H and O–H groups in total. The van der Waals surface area contributed by atoms with Crippen LogP contribution < -0.4 is 5.46 Å². The summed E-state index contributed by atoms with van der Waals surface area (Å²) in [6.07, 6.45) is 3.22. The van der Waals surface area contributed by atoms with Gasteiger partial charge in [-0.05, 0) is 23.9 Å². The molecule has 0 radical (unpaired) electrons. The highest BCUT2D eigenvalue weighted by atomic mass is 16.5. The number of aromatic nitrogens is 1. The molecule has 0 unspecified atom stereocenters. The predicted octanol–water partition coefficient (Wildman–Crippen LogP) is 0.936. The maximum Gasteiger partial charge on any atom is 0.139 e. The number of fused-ring (bicyclic) bond motifs is 1. The molecule has 15 heavy (non-hydrogen) atoms. The standard InChI is InChI=1S/C12H16BNO/c1-15-8-2-6-14-7-5-10-3-4-11(13)9-12(10)14/h3-5,7,9H,2,6,8,13H2,1H3. The van der Waals surface area contributed by atoms with E-state index in [1.54, 1.807) is 7.11 Å². The predicted molar refractivity (Wildman–Crippen MR) is 66.6 cm³/mol. The molecule has 0 saturated carbocycles. The fraction of sp³-hybridized carbons (Fsp3) is 0.333. The molecular weight excluding hydrogens is 185 g/mol. The van der Waals surface area contributed by atoms with Gasteiger partial charge in [-0.1, -0.05) is 17.6 Å². The minimum Gasteiger partial charge on any atom is -0.385 e. The highest BCUT2D eigenvalue weighted by Gasteiger charge is 2.00. The van der Waals surface area contributed by atoms with Crippen LogP contribution in [0.15, 0.2) is 30.5 Å². The van der Waals surface area contributed by atoms with Crippen LogP contribution in [0.4, 0.5) is 0 Å². The van der Waals surface area contributed by atoms with Crippen LogP contribution in [0.3, 0.4) is 0 Å². The van der Waals surface area contributed by atoms with E-state index >= 15 is 0 Å². The lowest BCUT2D eigenvalue weighted by atomic mass is 9.95. The number of methoxy groups -OCH3 is 1. The van der Waals surface area contributed by atoms with Gasteiger partial charge in [0.15, 0.2) is 0 Å². The molecule has 0 aliphatic heterocycles. The zero-order valence-electron chi connectivity index (χ0n) is 9.36. The van der Waals surface area contributed by atoms with Gasteiger partial charge in [-0.25, -0.2) is 0 Å². The van der Waals surface area contributed by atoms with Gasteiger partial charge in [-0.15, -0.1) is 0 Å².